The van der Waals surface area contributed by atoms with Gasteiger partial charge in [-0.15, -0.1) is 238 Å². The van der Waals surface area contributed by atoms with Crippen molar-refractivity contribution in [1.82, 2.24) is 0 Å². The Balaban J connectivity index is 0.653. The maximum atomic E-state index is 2.56. The Morgan fingerprint density at radius 1 is 0.102 bits per heavy atom. The second-order valence-electron chi connectivity index (χ2n) is 43.6. The van der Waals surface area contributed by atoms with Crippen molar-refractivity contribution in [3.63, 3.8) is 0 Å². The van der Waals surface area contributed by atoms with Crippen LogP contribution in [0, 0.1) is 0 Å². The third-order valence-corrected chi connectivity index (χ3v) is 79.0. The third-order valence-electron chi connectivity index (χ3n) is 24.3. The molecule has 0 saturated carbocycles. The molecular weight excluding hydrogens is 2200 g/mol. The van der Waals surface area contributed by atoms with Crippen LogP contribution in [-0.4, -0.2) is 64.6 Å². The second kappa shape index (κ2) is 37.4. The van der Waals surface area contributed by atoms with Crippen molar-refractivity contribution in [2.45, 2.75) is 157 Å². The van der Waals surface area contributed by atoms with Crippen LogP contribution in [0.1, 0.15) is 0 Å². The number of rotatable bonds is 28. The molecule has 137 heavy (non-hydrogen) atoms. The summed E-state index contributed by atoms with van der Waals surface area (Å²) < 4.78 is 12.5. The van der Waals surface area contributed by atoms with E-state index < -0.39 is 64.6 Å². The zero-order chi connectivity index (χ0) is 96.0. The summed E-state index contributed by atoms with van der Waals surface area (Å²) in [6, 6.07) is 88.1. The fourth-order valence-electron chi connectivity index (χ4n) is 16.5. The van der Waals surface area contributed by atoms with Gasteiger partial charge in [0.2, 0.25) is 0 Å². The van der Waals surface area contributed by atoms with Gasteiger partial charge in [0.1, 0.15) is 0 Å². The maximum absolute atomic E-state index is 2.56. The molecule has 21 aromatic rings. The van der Waals surface area contributed by atoms with Gasteiger partial charge in [-0.25, -0.2) is 0 Å². The van der Waals surface area contributed by atoms with Crippen molar-refractivity contribution in [2.24, 2.45) is 0 Å². The second-order valence-corrected chi connectivity index (χ2v) is 109. The number of thiophene rings is 21. The molecule has 0 aliphatic rings. The van der Waals surface area contributed by atoms with E-state index in [1.807, 2.05) is 238 Å². The molecule has 0 aliphatic heterocycles. The summed E-state index contributed by atoms with van der Waals surface area (Å²) in [7, 11) is -12.2. The van der Waals surface area contributed by atoms with Gasteiger partial charge in [-0.05, 0) is 206 Å². The highest BCUT2D eigenvalue weighted by Gasteiger charge is 2.34. The molecule has 21 aromatic heterocycles. The van der Waals surface area contributed by atoms with E-state index in [1.165, 1.54) is 199 Å². The minimum absolute atomic E-state index is 1.30. The largest absolute Gasteiger partial charge is 0.144 e. The molecule has 0 unspecified atom stereocenters. The fraction of sp³-hybridized carbons (Fsp3) is 0.222. The van der Waals surface area contributed by atoms with Crippen LogP contribution < -0.4 is 36.0 Å². The van der Waals surface area contributed by atoms with Crippen LogP contribution in [0.2, 0.25) is 157 Å². The molecule has 0 aromatic carbocycles. The molecule has 0 amide bonds. The van der Waals surface area contributed by atoms with Crippen LogP contribution in [0.4, 0.5) is 0 Å². The summed E-state index contributed by atoms with van der Waals surface area (Å²) in [5.41, 5.74) is 8.08. The Kier molecular flexibility index (Phi) is 26.9. The summed E-state index contributed by atoms with van der Waals surface area (Å²) in [4.78, 5) is 46.0. The Morgan fingerprint density at radius 2 is 0.204 bits per heavy atom. The molecule has 21 rings (SSSR count). The van der Waals surface area contributed by atoms with Gasteiger partial charge in [-0.3, -0.25) is 0 Å². The molecule has 698 valence electrons. The summed E-state index contributed by atoms with van der Waals surface area (Å²) in [6.07, 6.45) is 0. The molecule has 29 heteroatoms. The van der Waals surface area contributed by atoms with Gasteiger partial charge in [-0.2, -0.15) is 0 Å². The zero-order valence-electron chi connectivity index (χ0n) is 81.4. The van der Waals surface area contributed by atoms with Gasteiger partial charge in [-0.1, -0.05) is 206 Å². The molecule has 0 aliphatic carbocycles. The Bertz CT molecular complexity index is 7580. The Hall–Kier alpha value is -4.56. The zero-order valence-corrected chi connectivity index (χ0v) is 107. The van der Waals surface area contributed by atoms with E-state index in [-0.39, 0.29) is 0 Å². The topological polar surface area (TPSA) is 0 Å². The fourth-order valence-corrected chi connectivity index (χ4v) is 55.7. The monoisotopic (exact) mass is 2300 g/mol. The highest BCUT2D eigenvalue weighted by atomic mass is 32.2. The van der Waals surface area contributed by atoms with Crippen molar-refractivity contribution in [1.29, 1.82) is 0 Å². The summed E-state index contributed by atoms with van der Waals surface area (Å²) in [5, 5.41) is 0. The first-order chi connectivity index (χ1) is 64.8. The quantitative estimate of drug-likeness (QED) is 0.0429. The number of hydrogen-bond acceptors (Lipinski definition) is 21. The highest BCUT2D eigenvalue weighted by molar-refractivity contribution is 7.40. The minimum Gasteiger partial charge on any atom is -0.144 e. The predicted molar refractivity (Wildman–Crippen MR) is 674 cm³/mol. The molecular formula is C108H108S21Si8. The lowest BCUT2D eigenvalue weighted by Gasteiger charge is -2.12. The van der Waals surface area contributed by atoms with Gasteiger partial charge in [0.25, 0.3) is 0 Å². The van der Waals surface area contributed by atoms with Crippen molar-refractivity contribution < 1.29 is 0 Å². The standard InChI is InChI=1S/C108H108S21Si8/c1-130(2,3)95-47-39-79(116-95)91-57-63(105(126-91)85-43-51-99(120-85)134(13,14)15)69-27-33-77(111-69)89-55-61(103(124-89)83-37-29-71(113-83)65-59-93(81-41-49-97(118-81)132(7,8)9)128-107(65)87-45-53-101(122-87)136(19,20)21)67-25-31-73(109-67)75-35-36-76(115-75)74-32-26-68(110-74)62-56-90(78-34-28-70(112-78)64-58-92(80-40-48-96(117-80)131(4,5)6)127-106(64)86-44-52-100(121-86)135(16,17)18)125-104(62)84-38-30-72(114-84)66-60-94(82-42-50-98(119-82)133(10,11)12)129-108(66)88-46-54-102(123-88)137(22,23)24/h25-60H,1-24H3. The molecule has 21 heterocycles. The van der Waals surface area contributed by atoms with Crippen LogP contribution in [0.15, 0.2) is 218 Å². The summed E-state index contributed by atoms with van der Waals surface area (Å²) in [5.74, 6) is 0. The lowest BCUT2D eigenvalue weighted by Crippen LogP contribution is -2.34. The van der Waals surface area contributed by atoms with Crippen LogP contribution in [0.3, 0.4) is 0 Å². The van der Waals surface area contributed by atoms with E-state index in [4.69, 9.17) is 0 Å². The van der Waals surface area contributed by atoms with E-state index in [1.54, 1.807) is 36.0 Å². The van der Waals surface area contributed by atoms with Gasteiger partial charge in [0.15, 0.2) is 0 Å². The predicted octanol–water partition coefficient (Wildman–Crippen LogP) is 40.7. The van der Waals surface area contributed by atoms with E-state index in [2.05, 4.69) is 376 Å². The number of hydrogen-bond donors (Lipinski definition) is 0. The first-order valence-electron chi connectivity index (χ1n) is 46.2. The van der Waals surface area contributed by atoms with Crippen LogP contribution in [0.5, 0.6) is 0 Å². The first kappa shape index (κ1) is 98.5. The summed E-state index contributed by atoms with van der Waals surface area (Å²) >= 11 is 41.9. The molecule has 0 spiro atoms. The lowest BCUT2D eigenvalue weighted by atomic mass is 10.1. The van der Waals surface area contributed by atoms with E-state index in [0.717, 1.165) is 0 Å². The minimum atomic E-state index is -1.55. The molecule has 0 N–H and O–H groups in total. The SMILES string of the molecule is C[Si](C)(C)c1ccc(-c2cc(-c3ccc(-c4cc(-c5ccc(-c6ccc(-c7ccc(-c8cc(-c9ccc(-c%10cc(-c%11ccc([Si](C)(C)C)s%11)sc%10-c%10ccc([Si](C)(C)C)s%10)s9)sc8-c8ccc(-c9cc(-c%10ccc([Si](C)(C)C)s%10)sc9-c9ccc([Si](C)(C)C)s9)s8)s7)s6)s5)c(-c5ccc(-c6cc(-c7ccc([Si](C)(C)C)s7)sc6-c6ccc([Si](C)(C)C)s6)s5)s4)s3)c(-c3ccc([Si](C)(C)C)s3)s2)s1. The van der Waals surface area contributed by atoms with E-state index >= 15 is 0 Å². The highest BCUT2D eigenvalue weighted by Crippen LogP contribution is 2.59. The van der Waals surface area contributed by atoms with Crippen LogP contribution in [-0.2, 0) is 0 Å². The average Bonchev–Trinajstić information content (AvgIpc) is 1.64. The van der Waals surface area contributed by atoms with Crippen LogP contribution >= 0.6 is 238 Å². The lowest BCUT2D eigenvalue weighted by molar-refractivity contribution is 1.78. The van der Waals surface area contributed by atoms with Gasteiger partial charge >= 0.3 is 0 Å². The van der Waals surface area contributed by atoms with Crippen LogP contribution in [0.25, 0.3) is 199 Å². The Morgan fingerprint density at radius 3 is 0.365 bits per heavy atom. The Labute approximate surface area is 901 Å². The molecule has 0 saturated heterocycles. The van der Waals surface area contributed by atoms with E-state index in [9.17, 15) is 0 Å². The molecule has 0 atom stereocenters. The molecule has 0 bridgehead atoms. The molecule has 0 fully saturated rings. The van der Waals surface area contributed by atoms with Gasteiger partial charge in [0.05, 0.1) is 93.9 Å². The van der Waals surface area contributed by atoms with Crippen molar-refractivity contribution >= 4 is 339 Å². The van der Waals surface area contributed by atoms with Crippen molar-refractivity contribution in [3.8, 4) is 199 Å². The third kappa shape index (κ3) is 20.2. The smallest absolute Gasteiger partial charge is 0.0904 e. The molecule has 0 radical (unpaired) electrons. The van der Waals surface area contributed by atoms with Crippen molar-refractivity contribution in [3.05, 3.63) is 218 Å². The maximum Gasteiger partial charge on any atom is 0.0904 e. The summed E-state index contributed by atoms with van der Waals surface area (Å²) in [6.45, 7) is 59.6. The normalized spacial score (nSPS) is 13.0. The van der Waals surface area contributed by atoms with Gasteiger partial charge < -0.3 is 0 Å². The first-order valence-corrected chi connectivity index (χ1v) is 91.3. The molecule has 0 nitrogen and oxygen atoms in total. The van der Waals surface area contributed by atoms with Gasteiger partial charge in [0, 0.05) is 170 Å². The average molecular weight is 2300 g/mol. The van der Waals surface area contributed by atoms with Crippen molar-refractivity contribution in [2.75, 3.05) is 0 Å². The van der Waals surface area contributed by atoms with E-state index in [0.29, 0.717) is 0 Å².